The highest BCUT2D eigenvalue weighted by atomic mass is 79.9. The highest BCUT2D eigenvalue weighted by Gasteiger charge is 2.18. The molecule has 0 radical (unpaired) electrons. The average Bonchev–Trinajstić information content (AvgIpc) is 3.78. The second-order valence-electron chi connectivity index (χ2n) is 12.3. The number of aromatic nitrogens is 2. The third kappa shape index (κ3) is 12.2. The van der Waals surface area contributed by atoms with Crippen LogP contribution in [0.5, 0.6) is 0 Å². The topological polar surface area (TPSA) is 25.8 Å². The molecule has 0 aliphatic rings. The van der Waals surface area contributed by atoms with Crippen LogP contribution < -0.4 is 0 Å². The van der Waals surface area contributed by atoms with Gasteiger partial charge in [0.1, 0.15) is 10.0 Å². The maximum atomic E-state index is 5.03. The normalized spacial score (nSPS) is 11.8. The molecule has 44 heavy (non-hydrogen) atoms. The van der Waals surface area contributed by atoms with Gasteiger partial charge >= 0.3 is 0 Å². The van der Waals surface area contributed by atoms with Gasteiger partial charge in [0, 0.05) is 0 Å². The van der Waals surface area contributed by atoms with E-state index in [1.54, 1.807) is 22.7 Å². The van der Waals surface area contributed by atoms with Crippen molar-refractivity contribution >= 4 is 86.9 Å². The van der Waals surface area contributed by atoms with Crippen LogP contribution in [-0.2, 0) is 12.8 Å². The van der Waals surface area contributed by atoms with E-state index in [-0.39, 0.29) is 0 Å². The molecule has 8 heteroatoms. The van der Waals surface area contributed by atoms with Crippen LogP contribution in [0, 0.1) is 0 Å². The molecule has 0 N–H and O–H groups in total. The molecule has 0 amide bonds. The van der Waals surface area contributed by atoms with E-state index in [2.05, 4.69) is 57.8 Å². The maximum absolute atomic E-state index is 5.03. The summed E-state index contributed by atoms with van der Waals surface area (Å²) < 4.78 is 2.54. The molecule has 0 aliphatic carbocycles. The number of hydrogen-bond donors (Lipinski definition) is 0. The van der Waals surface area contributed by atoms with Gasteiger partial charge in [0.25, 0.3) is 0 Å². The number of hydrogen-bond acceptors (Lipinski definition) is 6. The standard InChI is InChI=1S/C36H52Br2N2S4/c1-3-5-7-9-11-13-15-17-19-21-23-27-25-29(41-31(27)37)33-39-35-36(43-33)40-34(44-35)30-26-28(32(38)42-30)24-22-20-18-16-14-12-10-8-6-4-2/h25-26H,3-24H2,1-2H3. The molecule has 0 fully saturated rings. The molecular weight excluding hydrogens is 748 g/mol. The summed E-state index contributed by atoms with van der Waals surface area (Å²) in [5.74, 6) is 0. The predicted molar refractivity (Wildman–Crippen MR) is 208 cm³/mol. The van der Waals surface area contributed by atoms with Crippen molar-refractivity contribution < 1.29 is 0 Å². The first-order valence-electron chi connectivity index (χ1n) is 17.4. The smallest absolute Gasteiger partial charge is 0.155 e. The van der Waals surface area contributed by atoms with Crippen molar-refractivity contribution in [3.8, 4) is 19.8 Å². The Balaban J connectivity index is 1.19. The van der Waals surface area contributed by atoms with Crippen LogP contribution in [0.2, 0.25) is 0 Å². The van der Waals surface area contributed by atoms with Crippen LogP contribution in [-0.4, -0.2) is 9.97 Å². The Labute approximate surface area is 300 Å². The Bertz CT molecular complexity index is 1220. The molecule has 0 atom stereocenters. The van der Waals surface area contributed by atoms with Crippen molar-refractivity contribution in [1.29, 1.82) is 0 Å². The Hall–Kier alpha value is -0.120. The molecular formula is C36H52Br2N2S4. The first-order valence-corrected chi connectivity index (χ1v) is 22.3. The molecule has 4 aromatic heterocycles. The minimum Gasteiger partial charge on any atom is -0.222 e. The first kappa shape index (κ1) is 36.7. The Morgan fingerprint density at radius 3 is 1.11 bits per heavy atom. The Kier molecular flexibility index (Phi) is 17.5. The zero-order chi connectivity index (χ0) is 31.0. The lowest BCUT2D eigenvalue weighted by molar-refractivity contribution is 0.556. The summed E-state index contributed by atoms with van der Waals surface area (Å²) in [6.07, 6.45) is 30.0. The lowest BCUT2D eigenvalue weighted by Crippen LogP contribution is -1.85. The summed E-state index contributed by atoms with van der Waals surface area (Å²) >= 11 is 14.8. The molecule has 0 bridgehead atoms. The summed E-state index contributed by atoms with van der Waals surface area (Å²) in [7, 11) is 0. The van der Waals surface area contributed by atoms with Crippen LogP contribution >= 0.6 is 77.2 Å². The third-order valence-corrected chi connectivity index (χ3v) is 14.8. The summed E-state index contributed by atoms with van der Waals surface area (Å²) in [5, 5.41) is 2.22. The summed E-state index contributed by atoms with van der Waals surface area (Å²) in [4.78, 5) is 14.7. The number of thiazole rings is 2. The van der Waals surface area contributed by atoms with Gasteiger partial charge < -0.3 is 0 Å². The van der Waals surface area contributed by atoms with Crippen LogP contribution in [0.1, 0.15) is 153 Å². The fourth-order valence-electron chi connectivity index (χ4n) is 5.82. The number of fused-ring (bicyclic) bond motifs is 1. The number of nitrogens with zero attached hydrogens (tertiary/aromatic N) is 2. The molecule has 2 nitrogen and oxygen atoms in total. The summed E-state index contributed by atoms with van der Waals surface area (Å²) in [6.45, 7) is 4.58. The van der Waals surface area contributed by atoms with Crippen LogP contribution in [0.4, 0.5) is 0 Å². The van der Waals surface area contributed by atoms with Crippen molar-refractivity contribution in [2.75, 3.05) is 0 Å². The van der Waals surface area contributed by atoms with Crippen molar-refractivity contribution in [3.05, 3.63) is 30.8 Å². The van der Waals surface area contributed by atoms with Crippen LogP contribution in [0.3, 0.4) is 0 Å². The quantitative estimate of drug-likeness (QED) is 0.0660. The third-order valence-electron chi connectivity index (χ3n) is 8.51. The molecule has 0 saturated heterocycles. The maximum Gasteiger partial charge on any atom is 0.155 e. The fraction of sp³-hybridized carbons (Fsp3) is 0.667. The second kappa shape index (κ2) is 21.0. The van der Waals surface area contributed by atoms with Gasteiger partial charge in [-0.15, -0.1) is 22.7 Å². The average molecular weight is 801 g/mol. The van der Waals surface area contributed by atoms with Crippen molar-refractivity contribution in [3.63, 3.8) is 0 Å². The molecule has 0 aliphatic heterocycles. The highest BCUT2D eigenvalue weighted by molar-refractivity contribution is 9.11. The van der Waals surface area contributed by atoms with Crippen LogP contribution in [0.15, 0.2) is 19.7 Å². The van der Waals surface area contributed by atoms with Gasteiger partial charge in [-0.25, -0.2) is 9.97 Å². The molecule has 0 saturated carbocycles. The van der Waals surface area contributed by atoms with E-state index < -0.39 is 0 Å². The molecule has 4 aromatic rings. The largest absolute Gasteiger partial charge is 0.222 e. The summed E-state index contributed by atoms with van der Waals surface area (Å²) in [5.41, 5.74) is 2.88. The molecule has 4 rings (SSSR count). The van der Waals surface area contributed by atoms with Gasteiger partial charge in [0.15, 0.2) is 9.66 Å². The predicted octanol–water partition coefficient (Wildman–Crippen LogP) is 15.7. The van der Waals surface area contributed by atoms with Crippen molar-refractivity contribution in [2.45, 2.75) is 155 Å². The van der Waals surface area contributed by atoms with Gasteiger partial charge in [-0.3, -0.25) is 0 Å². The number of aryl methyl sites for hydroxylation is 2. The highest BCUT2D eigenvalue weighted by Crippen LogP contribution is 2.43. The molecule has 244 valence electrons. The van der Waals surface area contributed by atoms with E-state index in [9.17, 15) is 0 Å². The Morgan fingerprint density at radius 1 is 0.455 bits per heavy atom. The number of halogens is 2. The molecule has 4 heterocycles. The van der Waals surface area contributed by atoms with Gasteiger partial charge in [0.2, 0.25) is 0 Å². The van der Waals surface area contributed by atoms with Gasteiger partial charge in [-0.2, -0.15) is 0 Å². The van der Waals surface area contributed by atoms with Gasteiger partial charge in [0.05, 0.1) is 17.3 Å². The van der Waals surface area contributed by atoms with E-state index in [1.165, 1.54) is 157 Å². The molecule has 0 aromatic carbocycles. The first-order chi connectivity index (χ1) is 21.6. The van der Waals surface area contributed by atoms with E-state index in [0.717, 1.165) is 32.5 Å². The number of unbranched alkanes of at least 4 members (excludes halogenated alkanes) is 18. The monoisotopic (exact) mass is 798 g/mol. The zero-order valence-corrected chi connectivity index (χ0v) is 33.4. The minimum atomic E-state index is 1.07. The zero-order valence-electron chi connectivity index (χ0n) is 27.0. The second-order valence-corrected chi connectivity index (χ2v) is 19.0. The van der Waals surface area contributed by atoms with E-state index in [1.807, 2.05) is 22.7 Å². The van der Waals surface area contributed by atoms with Crippen LogP contribution in [0.25, 0.3) is 29.4 Å². The number of rotatable bonds is 24. The fourth-order valence-corrected chi connectivity index (χ4v) is 11.5. The van der Waals surface area contributed by atoms with Gasteiger partial charge in [-0.1, -0.05) is 152 Å². The Morgan fingerprint density at radius 2 is 0.773 bits per heavy atom. The number of thiophene rings is 2. The van der Waals surface area contributed by atoms with E-state index >= 15 is 0 Å². The van der Waals surface area contributed by atoms with Crippen molar-refractivity contribution in [2.24, 2.45) is 0 Å². The molecule has 0 spiro atoms. The SMILES string of the molecule is CCCCCCCCCCCCc1cc(-c2nc3sc(-c4cc(CCCCCCCCCCCC)c(Br)s4)nc3s2)sc1Br. The van der Waals surface area contributed by atoms with E-state index in [4.69, 9.17) is 9.97 Å². The van der Waals surface area contributed by atoms with Gasteiger partial charge in [-0.05, 0) is 80.8 Å². The van der Waals surface area contributed by atoms with Crippen molar-refractivity contribution in [1.82, 2.24) is 9.97 Å². The lowest BCUT2D eigenvalue weighted by Gasteiger charge is -2.02. The lowest BCUT2D eigenvalue weighted by atomic mass is 10.0. The summed E-state index contributed by atoms with van der Waals surface area (Å²) in [6, 6.07) is 4.73. The van der Waals surface area contributed by atoms with E-state index in [0.29, 0.717) is 0 Å². The minimum absolute atomic E-state index is 1.07. The molecule has 0 unspecified atom stereocenters.